The van der Waals surface area contributed by atoms with Gasteiger partial charge in [-0.05, 0) is 18.2 Å². The molecule has 0 unspecified atom stereocenters. The highest BCUT2D eigenvalue weighted by molar-refractivity contribution is 6.10. The third-order valence-electron chi connectivity index (χ3n) is 2.52. The lowest BCUT2D eigenvalue weighted by molar-refractivity contribution is -0.135. The summed E-state index contributed by atoms with van der Waals surface area (Å²) in [4.78, 5) is 26.0. The molecular formula is C12H10FN3O3. The van der Waals surface area contributed by atoms with E-state index in [1.54, 1.807) is 0 Å². The number of nitrogens with one attached hydrogen (secondary N) is 1. The molecule has 0 aliphatic rings. The molecule has 0 bridgehead atoms. The normalized spacial score (nSPS) is 10.4. The van der Waals surface area contributed by atoms with Gasteiger partial charge in [0.25, 0.3) is 5.91 Å². The number of anilines is 1. The third kappa shape index (κ3) is 2.44. The number of hydrogen-bond donors (Lipinski definition) is 3. The van der Waals surface area contributed by atoms with Gasteiger partial charge in [-0.3, -0.25) is 14.6 Å². The van der Waals surface area contributed by atoms with Gasteiger partial charge in [-0.25, -0.2) is 4.39 Å². The second kappa shape index (κ2) is 4.89. The quantitative estimate of drug-likeness (QED) is 0.709. The van der Waals surface area contributed by atoms with Crippen LogP contribution in [0.1, 0.15) is 10.5 Å². The Morgan fingerprint density at radius 1 is 1.37 bits per heavy atom. The molecule has 6 nitrogen and oxygen atoms in total. The van der Waals surface area contributed by atoms with E-state index >= 15 is 0 Å². The van der Waals surface area contributed by atoms with Crippen molar-refractivity contribution >= 4 is 28.3 Å². The number of halogens is 1. The van der Waals surface area contributed by atoms with Crippen LogP contribution >= 0.6 is 0 Å². The zero-order valence-corrected chi connectivity index (χ0v) is 9.68. The zero-order chi connectivity index (χ0) is 14.0. The van der Waals surface area contributed by atoms with Gasteiger partial charge in [0.05, 0.1) is 0 Å². The summed E-state index contributed by atoms with van der Waals surface area (Å²) in [5.41, 5.74) is 5.81. The van der Waals surface area contributed by atoms with Crippen molar-refractivity contribution in [1.82, 2.24) is 10.3 Å². The van der Waals surface area contributed by atoms with E-state index in [1.807, 2.05) is 0 Å². The van der Waals surface area contributed by atoms with Gasteiger partial charge in [0.15, 0.2) is 0 Å². The van der Waals surface area contributed by atoms with E-state index in [2.05, 4.69) is 10.3 Å². The van der Waals surface area contributed by atoms with Crippen molar-refractivity contribution in [2.45, 2.75) is 0 Å². The average molecular weight is 263 g/mol. The number of carboxylic acids is 1. The van der Waals surface area contributed by atoms with E-state index in [1.165, 1.54) is 24.4 Å². The average Bonchev–Trinajstić information content (AvgIpc) is 2.39. The Morgan fingerprint density at radius 2 is 2.11 bits per heavy atom. The number of nitrogens with zero attached hydrogens (tertiary/aromatic N) is 1. The molecule has 4 N–H and O–H groups in total. The van der Waals surface area contributed by atoms with Crippen LogP contribution in [0.3, 0.4) is 0 Å². The van der Waals surface area contributed by atoms with Crippen LogP contribution in [0.25, 0.3) is 10.8 Å². The van der Waals surface area contributed by atoms with Gasteiger partial charge < -0.3 is 16.2 Å². The molecule has 0 saturated carbocycles. The van der Waals surface area contributed by atoms with E-state index < -0.39 is 24.2 Å². The minimum Gasteiger partial charge on any atom is -0.480 e. The number of carbonyl (C=O) groups excluding carboxylic acids is 1. The van der Waals surface area contributed by atoms with Crippen molar-refractivity contribution in [1.29, 1.82) is 0 Å². The number of aliphatic carboxylic acids is 1. The van der Waals surface area contributed by atoms with Crippen LogP contribution in [0.5, 0.6) is 0 Å². The molecule has 19 heavy (non-hydrogen) atoms. The number of nitrogens with two attached hydrogens (primary N) is 1. The van der Waals surface area contributed by atoms with Gasteiger partial charge in [0.1, 0.15) is 18.1 Å². The summed E-state index contributed by atoms with van der Waals surface area (Å²) in [6.45, 7) is -0.549. The predicted octanol–water partition coefficient (Wildman–Crippen LogP) is 0.771. The Hall–Kier alpha value is -2.70. The Bertz CT molecular complexity index is 673. The number of pyridine rings is 1. The van der Waals surface area contributed by atoms with Gasteiger partial charge >= 0.3 is 5.97 Å². The number of benzene rings is 1. The Morgan fingerprint density at radius 3 is 2.79 bits per heavy atom. The van der Waals surface area contributed by atoms with Gasteiger partial charge in [0, 0.05) is 22.7 Å². The number of hydrogen-bond acceptors (Lipinski definition) is 4. The van der Waals surface area contributed by atoms with Crippen LogP contribution in [0, 0.1) is 5.82 Å². The highest BCUT2D eigenvalue weighted by Crippen LogP contribution is 2.25. The molecule has 1 aromatic heterocycles. The predicted molar refractivity (Wildman–Crippen MR) is 66.1 cm³/mol. The fourth-order valence-electron chi connectivity index (χ4n) is 1.70. The first kappa shape index (κ1) is 12.7. The fourth-order valence-corrected chi connectivity index (χ4v) is 1.70. The number of nitrogen functional groups attached to an aromatic ring is 1. The van der Waals surface area contributed by atoms with Gasteiger partial charge in [0.2, 0.25) is 0 Å². The minimum atomic E-state index is -1.19. The number of amides is 1. The number of rotatable bonds is 3. The topological polar surface area (TPSA) is 105 Å². The second-order valence-electron chi connectivity index (χ2n) is 3.80. The SMILES string of the molecule is Nc1ccc(F)c2ccnc(C(=O)NCC(=O)O)c12. The standard InChI is InChI=1S/C12H10FN3O3/c13-7-1-2-8(14)10-6(7)3-4-15-11(10)12(19)16-5-9(17)18/h1-4H,5,14H2,(H,16,19)(H,17,18). The van der Waals surface area contributed by atoms with Crippen LogP contribution in [0.2, 0.25) is 0 Å². The molecule has 0 aliphatic carbocycles. The summed E-state index contributed by atoms with van der Waals surface area (Å²) in [5, 5.41) is 11.0. The van der Waals surface area contributed by atoms with Crippen LogP contribution < -0.4 is 11.1 Å². The maximum Gasteiger partial charge on any atom is 0.322 e. The Kier molecular flexibility index (Phi) is 3.28. The first-order valence-electron chi connectivity index (χ1n) is 5.33. The summed E-state index contributed by atoms with van der Waals surface area (Å²) in [7, 11) is 0. The van der Waals surface area contributed by atoms with Crippen molar-refractivity contribution in [3.8, 4) is 0 Å². The zero-order valence-electron chi connectivity index (χ0n) is 9.68. The molecule has 0 radical (unpaired) electrons. The molecule has 0 atom stereocenters. The Labute approximate surface area is 107 Å². The lowest BCUT2D eigenvalue weighted by atomic mass is 10.1. The van der Waals surface area contributed by atoms with Crippen molar-refractivity contribution in [3.63, 3.8) is 0 Å². The highest BCUT2D eigenvalue weighted by atomic mass is 19.1. The maximum absolute atomic E-state index is 13.6. The van der Waals surface area contributed by atoms with Gasteiger partial charge in [-0.1, -0.05) is 0 Å². The van der Waals surface area contributed by atoms with E-state index in [9.17, 15) is 14.0 Å². The van der Waals surface area contributed by atoms with E-state index in [4.69, 9.17) is 10.8 Å². The molecule has 1 amide bonds. The molecule has 0 aliphatic heterocycles. The molecule has 1 aromatic carbocycles. The van der Waals surface area contributed by atoms with Crippen LogP contribution in [-0.2, 0) is 4.79 Å². The molecule has 7 heteroatoms. The van der Waals surface area contributed by atoms with Crippen LogP contribution in [0.4, 0.5) is 10.1 Å². The van der Waals surface area contributed by atoms with Crippen LogP contribution in [-0.4, -0.2) is 28.5 Å². The molecule has 1 heterocycles. The maximum atomic E-state index is 13.6. The molecule has 0 saturated heterocycles. The lowest BCUT2D eigenvalue weighted by Gasteiger charge is -2.08. The van der Waals surface area contributed by atoms with Crippen molar-refractivity contribution in [2.75, 3.05) is 12.3 Å². The number of carbonyl (C=O) groups is 2. The number of fused-ring (bicyclic) bond motifs is 1. The highest BCUT2D eigenvalue weighted by Gasteiger charge is 2.16. The largest absolute Gasteiger partial charge is 0.480 e. The monoisotopic (exact) mass is 263 g/mol. The summed E-state index contributed by atoms with van der Waals surface area (Å²) in [6, 6.07) is 3.92. The van der Waals surface area contributed by atoms with Crippen molar-refractivity contribution in [3.05, 3.63) is 35.9 Å². The number of carboxylic acid groups (broad SMARTS) is 1. The molecule has 0 fully saturated rings. The third-order valence-corrected chi connectivity index (χ3v) is 2.52. The molecule has 98 valence electrons. The van der Waals surface area contributed by atoms with Gasteiger partial charge in [-0.2, -0.15) is 0 Å². The summed E-state index contributed by atoms with van der Waals surface area (Å²) in [6.07, 6.45) is 1.26. The Balaban J connectivity index is 2.52. The molecular weight excluding hydrogens is 253 g/mol. The summed E-state index contributed by atoms with van der Waals surface area (Å²) in [5.74, 6) is -2.43. The first-order chi connectivity index (χ1) is 9.00. The van der Waals surface area contributed by atoms with E-state index in [0.717, 1.165) is 0 Å². The van der Waals surface area contributed by atoms with E-state index in [0.29, 0.717) is 0 Å². The molecule has 2 rings (SSSR count). The second-order valence-corrected chi connectivity index (χ2v) is 3.80. The molecule has 0 spiro atoms. The summed E-state index contributed by atoms with van der Waals surface area (Å²) >= 11 is 0. The van der Waals surface area contributed by atoms with E-state index in [-0.39, 0.29) is 22.2 Å². The summed E-state index contributed by atoms with van der Waals surface area (Å²) < 4.78 is 13.6. The van der Waals surface area contributed by atoms with Gasteiger partial charge in [-0.15, -0.1) is 0 Å². The minimum absolute atomic E-state index is 0.101. The fraction of sp³-hybridized carbons (Fsp3) is 0.0833. The lowest BCUT2D eigenvalue weighted by Crippen LogP contribution is -2.30. The number of aromatic nitrogens is 1. The van der Waals surface area contributed by atoms with Crippen molar-refractivity contribution in [2.24, 2.45) is 0 Å². The first-order valence-corrected chi connectivity index (χ1v) is 5.33. The molecule has 2 aromatic rings. The van der Waals surface area contributed by atoms with Crippen molar-refractivity contribution < 1.29 is 19.1 Å². The smallest absolute Gasteiger partial charge is 0.322 e. The van der Waals surface area contributed by atoms with Crippen LogP contribution in [0.15, 0.2) is 24.4 Å².